The van der Waals surface area contributed by atoms with Gasteiger partial charge in [0.05, 0.1) is 12.2 Å². The van der Waals surface area contributed by atoms with Crippen LogP contribution in [-0.4, -0.2) is 34.1 Å². The lowest BCUT2D eigenvalue weighted by Gasteiger charge is -2.20. The molecule has 0 rings (SSSR count). The minimum atomic E-state index is -0.796. The highest BCUT2D eigenvalue weighted by Gasteiger charge is 2.20. The lowest BCUT2D eigenvalue weighted by molar-refractivity contribution is -0.0278. The molecule has 0 aliphatic carbocycles. The first kappa shape index (κ1) is 9.88. The third kappa shape index (κ3) is 2.64. The molecule has 0 spiro atoms. The molecule has 0 aromatic rings. The van der Waals surface area contributed by atoms with Crippen molar-refractivity contribution in [1.29, 1.82) is 0 Å². The first-order valence-corrected chi connectivity index (χ1v) is 3.60. The van der Waals surface area contributed by atoms with Gasteiger partial charge in [0.2, 0.25) is 0 Å². The smallest absolute Gasteiger partial charge is 0.0846 e. The predicted octanol–water partition coefficient (Wildman–Crippen LogP) is -0.253. The molecule has 62 valence electrons. The Morgan fingerprint density at radius 2 is 1.80 bits per heavy atom. The fourth-order valence-corrected chi connectivity index (χ4v) is 0.729. The predicted molar refractivity (Wildman–Crippen MR) is 38.6 cm³/mol. The summed E-state index contributed by atoms with van der Waals surface area (Å²) in [6.07, 6.45) is -0.983. The van der Waals surface area contributed by atoms with E-state index in [-0.39, 0.29) is 12.5 Å². The first-order valence-electron chi connectivity index (χ1n) is 3.60. The van der Waals surface area contributed by atoms with Crippen LogP contribution in [-0.2, 0) is 0 Å². The maximum absolute atomic E-state index is 9.18. The topological polar surface area (TPSA) is 60.7 Å². The van der Waals surface area contributed by atoms with Crippen molar-refractivity contribution in [3.05, 3.63) is 0 Å². The molecule has 0 heterocycles. The number of hydrogen-bond acceptors (Lipinski definition) is 3. The number of hydrogen-bond donors (Lipinski definition) is 3. The van der Waals surface area contributed by atoms with Crippen molar-refractivity contribution in [1.82, 2.24) is 0 Å². The van der Waals surface area contributed by atoms with E-state index >= 15 is 0 Å². The maximum Gasteiger partial charge on any atom is 0.0846 e. The van der Waals surface area contributed by atoms with Crippen LogP contribution in [0.5, 0.6) is 0 Å². The normalized spacial score (nSPS) is 20.1. The Bertz CT molecular complexity index is 74.9. The van der Waals surface area contributed by atoms with Gasteiger partial charge in [0.25, 0.3) is 0 Å². The Morgan fingerprint density at radius 3 is 2.10 bits per heavy atom. The molecule has 3 atom stereocenters. The molecule has 0 saturated heterocycles. The minimum Gasteiger partial charge on any atom is -0.396 e. The summed E-state index contributed by atoms with van der Waals surface area (Å²) in [5.74, 6) is -0.241. The lowest BCUT2D eigenvalue weighted by Crippen LogP contribution is -2.33. The van der Waals surface area contributed by atoms with Crippen molar-refractivity contribution in [3.63, 3.8) is 0 Å². The summed E-state index contributed by atoms with van der Waals surface area (Å²) in [7, 11) is 0. The third-order valence-corrected chi connectivity index (χ3v) is 1.68. The highest BCUT2D eigenvalue weighted by molar-refractivity contribution is 4.70. The quantitative estimate of drug-likeness (QED) is 0.515. The molecule has 0 aliphatic rings. The van der Waals surface area contributed by atoms with Gasteiger partial charge < -0.3 is 15.3 Å². The Balaban J connectivity index is 3.69. The lowest BCUT2D eigenvalue weighted by atomic mass is 9.99. The Morgan fingerprint density at radius 1 is 1.30 bits per heavy atom. The van der Waals surface area contributed by atoms with E-state index in [2.05, 4.69) is 0 Å². The first-order chi connectivity index (χ1) is 4.63. The van der Waals surface area contributed by atoms with Gasteiger partial charge in [-0.15, -0.1) is 0 Å². The summed E-state index contributed by atoms with van der Waals surface area (Å²) in [6.45, 7) is 3.40. The van der Waals surface area contributed by atoms with Gasteiger partial charge in [-0.1, -0.05) is 13.8 Å². The van der Waals surface area contributed by atoms with E-state index in [4.69, 9.17) is 10.2 Å². The average molecular weight is 148 g/mol. The third-order valence-electron chi connectivity index (χ3n) is 1.68. The van der Waals surface area contributed by atoms with Crippen molar-refractivity contribution < 1.29 is 15.3 Å². The fourth-order valence-electron chi connectivity index (χ4n) is 0.729. The van der Waals surface area contributed by atoms with Gasteiger partial charge in [-0.05, 0) is 6.42 Å². The van der Waals surface area contributed by atoms with Crippen LogP contribution in [0.25, 0.3) is 0 Å². The SMILES string of the molecule is CCC(O)C(O)C(C)CO. The van der Waals surface area contributed by atoms with Gasteiger partial charge in [0, 0.05) is 12.5 Å². The highest BCUT2D eigenvalue weighted by atomic mass is 16.3. The van der Waals surface area contributed by atoms with Crippen LogP contribution in [0.4, 0.5) is 0 Å². The van der Waals surface area contributed by atoms with Gasteiger partial charge in [0.1, 0.15) is 0 Å². The molecule has 0 aromatic carbocycles. The van der Waals surface area contributed by atoms with Gasteiger partial charge >= 0.3 is 0 Å². The number of aliphatic hydroxyl groups is 3. The van der Waals surface area contributed by atoms with Crippen molar-refractivity contribution >= 4 is 0 Å². The van der Waals surface area contributed by atoms with E-state index in [9.17, 15) is 5.11 Å². The largest absolute Gasteiger partial charge is 0.396 e. The molecule has 3 nitrogen and oxygen atoms in total. The highest BCUT2D eigenvalue weighted by Crippen LogP contribution is 2.08. The van der Waals surface area contributed by atoms with Crippen LogP contribution in [0.2, 0.25) is 0 Å². The zero-order chi connectivity index (χ0) is 8.15. The van der Waals surface area contributed by atoms with E-state index in [1.807, 2.05) is 0 Å². The minimum absolute atomic E-state index is 0.0851. The molecule has 0 amide bonds. The standard InChI is InChI=1S/C7H16O3/c1-3-6(9)7(10)5(2)4-8/h5-10H,3-4H2,1-2H3. The zero-order valence-corrected chi connectivity index (χ0v) is 6.49. The molecule has 3 heteroatoms. The van der Waals surface area contributed by atoms with Crippen molar-refractivity contribution in [2.75, 3.05) is 6.61 Å². The molecule has 10 heavy (non-hydrogen) atoms. The molecular weight excluding hydrogens is 132 g/mol. The molecule has 3 unspecified atom stereocenters. The summed E-state index contributed by atoms with van der Waals surface area (Å²) in [5, 5.41) is 26.8. The van der Waals surface area contributed by atoms with E-state index < -0.39 is 12.2 Å². The number of aliphatic hydroxyl groups excluding tert-OH is 3. The Kier molecular flexibility index (Phi) is 4.60. The van der Waals surface area contributed by atoms with Crippen LogP contribution in [0.1, 0.15) is 20.3 Å². The second-order valence-electron chi connectivity index (χ2n) is 2.63. The maximum atomic E-state index is 9.18. The van der Waals surface area contributed by atoms with Crippen molar-refractivity contribution in [3.8, 4) is 0 Å². The fraction of sp³-hybridized carbons (Fsp3) is 1.00. The van der Waals surface area contributed by atoms with Crippen molar-refractivity contribution in [2.24, 2.45) is 5.92 Å². The molecule has 0 radical (unpaired) electrons. The van der Waals surface area contributed by atoms with Gasteiger partial charge in [-0.25, -0.2) is 0 Å². The monoisotopic (exact) mass is 148 g/mol. The molecular formula is C7H16O3. The number of rotatable bonds is 4. The Hall–Kier alpha value is -0.120. The molecule has 3 N–H and O–H groups in total. The average Bonchev–Trinajstić information content (AvgIpc) is 2.00. The second kappa shape index (κ2) is 4.66. The van der Waals surface area contributed by atoms with E-state index in [1.165, 1.54) is 0 Å². The van der Waals surface area contributed by atoms with Crippen LogP contribution in [0.3, 0.4) is 0 Å². The summed E-state index contributed by atoms with van der Waals surface area (Å²) < 4.78 is 0. The summed E-state index contributed by atoms with van der Waals surface area (Å²) in [4.78, 5) is 0. The van der Waals surface area contributed by atoms with Gasteiger partial charge in [-0.3, -0.25) is 0 Å². The summed E-state index contributed by atoms with van der Waals surface area (Å²) >= 11 is 0. The van der Waals surface area contributed by atoms with Crippen LogP contribution in [0.15, 0.2) is 0 Å². The summed E-state index contributed by atoms with van der Waals surface area (Å²) in [6, 6.07) is 0. The van der Waals surface area contributed by atoms with E-state index in [0.29, 0.717) is 6.42 Å². The second-order valence-corrected chi connectivity index (χ2v) is 2.63. The van der Waals surface area contributed by atoms with Crippen LogP contribution < -0.4 is 0 Å². The van der Waals surface area contributed by atoms with E-state index in [1.54, 1.807) is 13.8 Å². The molecule has 0 saturated carbocycles. The zero-order valence-electron chi connectivity index (χ0n) is 6.49. The van der Waals surface area contributed by atoms with Gasteiger partial charge in [-0.2, -0.15) is 0 Å². The Labute approximate surface area is 61.3 Å². The van der Waals surface area contributed by atoms with Gasteiger partial charge in [0.15, 0.2) is 0 Å². The molecule has 0 fully saturated rings. The van der Waals surface area contributed by atoms with Crippen LogP contribution in [0, 0.1) is 5.92 Å². The van der Waals surface area contributed by atoms with E-state index in [0.717, 1.165) is 0 Å². The molecule has 0 aromatic heterocycles. The molecule has 0 bridgehead atoms. The van der Waals surface area contributed by atoms with Crippen molar-refractivity contribution in [2.45, 2.75) is 32.5 Å². The van der Waals surface area contributed by atoms with Crippen LogP contribution >= 0.6 is 0 Å². The molecule has 0 aliphatic heterocycles. The summed E-state index contributed by atoms with van der Waals surface area (Å²) in [5.41, 5.74) is 0.